The molecule has 0 aliphatic heterocycles. The lowest BCUT2D eigenvalue weighted by atomic mass is 10.0. The number of amides is 1. The fourth-order valence-electron chi connectivity index (χ4n) is 3.24. The minimum absolute atomic E-state index is 0.135. The summed E-state index contributed by atoms with van der Waals surface area (Å²) in [5.41, 5.74) is 9.21. The maximum atomic E-state index is 13.0. The first kappa shape index (κ1) is 22.4. The second-order valence-corrected chi connectivity index (χ2v) is 7.59. The smallest absolute Gasteiger partial charge is 0.269 e. The lowest BCUT2D eigenvalue weighted by molar-refractivity contribution is -0.120. The molecule has 0 bridgehead atoms. The number of rotatable bonds is 8. The number of carbonyl (C=O) groups is 1. The van der Waals surface area contributed by atoms with E-state index in [4.69, 9.17) is 5.73 Å². The minimum Gasteiger partial charge on any atom is -0.383 e. The third kappa shape index (κ3) is 6.33. The number of nitrogens with two attached hydrogens (primary N) is 1. The van der Waals surface area contributed by atoms with Crippen LogP contribution in [0.5, 0.6) is 0 Å². The van der Waals surface area contributed by atoms with E-state index >= 15 is 0 Å². The standard InChI is InChI=1S/C25H28N4O2/c1-29(2)17-18-13-15-21(16-14-18)24(30)27-22(19-9-5-3-6-10-19)25(31)28-23(26)20-11-7-4-8-12-20/h3-16,22,24,27,30H,17H2,1-2H3,(H2,26,28,31). The number of benzene rings is 3. The van der Waals surface area contributed by atoms with Crippen molar-refractivity contribution in [1.82, 2.24) is 10.2 Å². The molecule has 0 aromatic heterocycles. The predicted molar refractivity (Wildman–Crippen MR) is 123 cm³/mol. The molecule has 0 fully saturated rings. The fraction of sp³-hybridized carbons (Fsp3) is 0.200. The number of nitrogens with one attached hydrogen (secondary N) is 1. The van der Waals surface area contributed by atoms with Crippen molar-refractivity contribution in [1.29, 1.82) is 0 Å². The molecule has 0 aliphatic rings. The van der Waals surface area contributed by atoms with E-state index < -0.39 is 18.2 Å². The van der Waals surface area contributed by atoms with E-state index in [0.717, 1.165) is 12.1 Å². The highest BCUT2D eigenvalue weighted by Crippen LogP contribution is 2.21. The van der Waals surface area contributed by atoms with Crippen LogP contribution in [0.15, 0.2) is 89.9 Å². The average molecular weight is 417 g/mol. The van der Waals surface area contributed by atoms with E-state index in [0.29, 0.717) is 16.7 Å². The van der Waals surface area contributed by atoms with Gasteiger partial charge in [0, 0.05) is 12.1 Å². The molecule has 0 aliphatic carbocycles. The van der Waals surface area contributed by atoms with Gasteiger partial charge in [-0.05, 0) is 30.8 Å². The van der Waals surface area contributed by atoms with Gasteiger partial charge in [-0.15, -0.1) is 0 Å². The molecule has 4 N–H and O–H groups in total. The Balaban J connectivity index is 1.82. The van der Waals surface area contributed by atoms with Crippen LogP contribution in [-0.2, 0) is 11.3 Å². The molecule has 0 spiro atoms. The van der Waals surface area contributed by atoms with Gasteiger partial charge in [0.05, 0.1) is 0 Å². The summed E-state index contributed by atoms with van der Waals surface area (Å²) in [6.07, 6.45) is -1.05. The zero-order valence-electron chi connectivity index (χ0n) is 17.8. The van der Waals surface area contributed by atoms with Crippen molar-refractivity contribution in [3.8, 4) is 0 Å². The predicted octanol–water partition coefficient (Wildman–Crippen LogP) is 3.00. The highest BCUT2D eigenvalue weighted by Gasteiger charge is 2.24. The number of aliphatic imine (C=N–C) groups is 1. The Hall–Kier alpha value is -3.32. The van der Waals surface area contributed by atoms with Crippen LogP contribution in [0.4, 0.5) is 0 Å². The van der Waals surface area contributed by atoms with Gasteiger partial charge in [0.1, 0.15) is 18.1 Å². The van der Waals surface area contributed by atoms with Crippen LogP contribution in [0.2, 0.25) is 0 Å². The van der Waals surface area contributed by atoms with Crippen LogP contribution >= 0.6 is 0 Å². The fourth-order valence-corrected chi connectivity index (χ4v) is 3.24. The van der Waals surface area contributed by atoms with Gasteiger partial charge in [-0.25, -0.2) is 0 Å². The SMILES string of the molecule is CN(C)Cc1ccc(C(O)NC(C(=O)N=C(N)c2ccccc2)c2ccccc2)cc1. The number of hydrogen-bond donors (Lipinski definition) is 3. The van der Waals surface area contributed by atoms with Crippen molar-refractivity contribution in [2.24, 2.45) is 10.7 Å². The van der Waals surface area contributed by atoms with Crippen LogP contribution in [0.25, 0.3) is 0 Å². The number of hydrogen-bond acceptors (Lipinski definition) is 4. The molecule has 160 valence electrons. The zero-order chi connectivity index (χ0) is 22.2. The molecule has 1 amide bonds. The van der Waals surface area contributed by atoms with Gasteiger partial charge >= 0.3 is 0 Å². The summed E-state index contributed by atoms with van der Waals surface area (Å²) < 4.78 is 0. The molecular weight excluding hydrogens is 388 g/mol. The second-order valence-electron chi connectivity index (χ2n) is 7.59. The average Bonchev–Trinajstić information content (AvgIpc) is 2.78. The molecule has 3 rings (SSSR count). The first-order valence-corrected chi connectivity index (χ1v) is 10.1. The maximum Gasteiger partial charge on any atom is 0.269 e. The summed E-state index contributed by atoms with van der Waals surface area (Å²) in [6, 6.07) is 25.1. The van der Waals surface area contributed by atoms with Crippen LogP contribution < -0.4 is 11.1 Å². The summed E-state index contributed by atoms with van der Waals surface area (Å²) >= 11 is 0. The quantitative estimate of drug-likeness (QED) is 0.298. The highest BCUT2D eigenvalue weighted by atomic mass is 16.3. The van der Waals surface area contributed by atoms with Crippen LogP contribution in [0, 0.1) is 0 Å². The molecule has 0 saturated carbocycles. The number of amidine groups is 1. The van der Waals surface area contributed by atoms with E-state index in [1.54, 1.807) is 12.1 Å². The van der Waals surface area contributed by atoms with E-state index in [9.17, 15) is 9.90 Å². The molecule has 0 saturated heterocycles. The van der Waals surface area contributed by atoms with Crippen molar-refractivity contribution in [3.63, 3.8) is 0 Å². The largest absolute Gasteiger partial charge is 0.383 e. The van der Waals surface area contributed by atoms with E-state index in [-0.39, 0.29) is 5.84 Å². The number of nitrogens with zero attached hydrogens (tertiary/aromatic N) is 2. The molecular formula is C25H28N4O2. The minimum atomic E-state index is -1.05. The van der Waals surface area contributed by atoms with Crippen molar-refractivity contribution < 1.29 is 9.90 Å². The van der Waals surface area contributed by atoms with Gasteiger partial charge in [0.15, 0.2) is 0 Å². The summed E-state index contributed by atoms with van der Waals surface area (Å²) in [7, 11) is 4.00. The normalized spacial score (nSPS) is 13.7. The van der Waals surface area contributed by atoms with E-state index in [2.05, 4.69) is 15.2 Å². The lowest BCUT2D eigenvalue weighted by Gasteiger charge is -2.21. The molecule has 6 heteroatoms. The van der Waals surface area contributed by atoms with Crippen molar-refractivity contribution in [2.45, 2.75) is 18.8 Å². The number of aliphatic hydroxyl groups is 1. The number of carbonyl (C=O) groups excluding carboxylic acids is 1. The zero-order valence-corrected chi connectivity index (χ0v) is 17.8. The Morgan fingerprint density at radius 2 is 1.52 bits per heavy atom. The van der Waals surface area contributed by atoms with Gasteiger partial charge < -0.3 is 15.7 Å². The van der Waals surface area contributed by atoms with Crippen LogP contribution in [0.1, 0.15) is 34.5 Å². The van der Waals surface area contributed by atoms with Gasteiger partial charge in [-0.3, -0.25) is 10.1 Å². The topological polar surface area (TPSA) is 91.0 Å². The van der Waals surface area contributed by atoms with Gasteiger partial charge in [-0.2, -0.15) is 4.99 Å². The molecule has 0 heterocycles. The van der Waals surface area contributed by atoms with Gasteiger partial charge in [0.25, 0.3) is 5.91 Å². The Kier molecular flexibility index (Phi) is 7.67. The Morgan fingerprint density at radius 1 is 0.935 bits per heavy atom. The monoisotopic (exact) mass is 416 g/mol. The molecule has 0 radical (unpaired) electrons. The van der Waals surface area contributed by atoms with Crippen molar-refractivity contribution in [3.05, 3.63) is 107 Å². The highest BCUT2D eigenvalue weighted by molar-refractivity contribution is 6.05. The van der Waals surface area contributed by atoms with Crippen molar-refractivity contribution >= 4 is 11.7 Å². The molecule has 6 nitrogen and oxygen atoms in total. The summed E-state index contributed by atoms with van der Waals surface area (Å²) in [5, 5.41) is 13.8. The lowest BCUT2D eigenvalue weighted by Crippen LogP contribution is -2.32. The van der Waals surface area contributed by atoms with Crippen LogP contribution in [0.3, 0.4) is 0 Å². The van der Waals surface area contributed by atoms with Crippen LogP contribution in [-0.4, -0.2) is 35.8 Å². The van der Waals surface area contributed by atoms with E-state index in [1.807, 2.05) is 86.9 Å². The summed E-state index contributed by atoms with van der Waals surface area (Å²) in [5.74, 6) is -0.341. The third-order valence-electron chi connectivity index (χ3n) is 4.80. The molecule has 2 unspecified atom stereocenters. The third-order valence-corrected chi connectivity index (χ3v) is 4.80. The molecule has 31 heavy (non-hydrogen) atoms. The summed E-state index contributed by atoms with van der Waals surface area (Å²) in [6.45, 7) is 0.808. The molecule has 3 aromatic carbocycles. The van der Waals surface area contributed by atoms with Gasteiger partial charge in [0.2, 0.25) is 0 Å². The second kappa shape index (κ2) is 10.6. The Labute approximate surface area is 183 Å². The first-order chi connectivity index (χ1) is 14.9. The molecule has 2 atom stereocenters. The Morgan fingerprint density at radius 3 is 2.10 bits per heavy atom. The number of aliphatic hydroxyl groups excluding tert-OH is 1. The Bertz CT molecular complexity index is 1000. The van der Waals surface area contributed by atoms with E-state index in [1.165, 1.54) is 0 Å². The van der Waals surface area contributed by atoms with Gasteiger partial charge in [-0.1, -0.05) is 84.9 Å². The maximum absolute atomic E-state index is 13.0. The molecule has 3 aromatic rings. The summed E-state index contributed by atoms with van der Waals surface area (Å²) in [4.78, 5) is 19.2. The van der Waals surface area contributed by atoms with Crippen molar-refractivity contribution in [2.75, 3.05) is 14.1 Å². The first-order valence-electron chi connectivity index (χ1n) is 10.1.